The van der Waals surface area contributed by atoms with Crippen LogP contribution < -0.4 is 0 Å². The lowest BCUT2D eigenvalue weighted by atomic mass is 9.98. The minimum atomic E-state index is 0.328. The van der Waals surface area contributed by atoms with Gasteiger partial charge in [-0.1, -0.05) is 55.1 Å². The van der Waals surface area contributed by atoms with Crippen LogP contribution >= 0.6 is 0 Å². The van der Waals surface area contributed by atoms with Gasteiger partial charge in [-0.2, -0.15) is 0 Å². The van der Waals surface area contributed by atoms with Crippen molar-refractivity contribution in [3.8, 4) is 11.1 Å². The van der Waals surface area contributed by atoms with Crippen LogP contribution in [0.3, 0.4) is 0 Å². The van der Waals surface area contributed by atoms with E-state index >= 15 is 0 Å². The number of fused-ring (bicyclic) bond motifs is 3. The molecule has 1 heteroatoms. The lowest BCUT2D eigenvalue weighted by molar-refractivity contribution is 0.207. The van der Waals surface area contributed by atoms with E-state index in [1.807, 2.05) is 6.92 Å². The highest BCUT2D eigenvalue weighted by Crippen LogP contribution is 2.44. The number of hydrogen-bond donors (Lipinski definition) is 0. The third kappa shape index (κ3) is 1.72. The maximum atomic E-state index is 5.65. The van der Waals surface area contributed by atoms with Crippen LogP contribution in [0.15, 0.2) is 60.9 Å². The molecule has 18 heavy (non-hydrogen) atoms. The van der Waals surface area contributed by atoms with Gasteiger partial charge >= 0.3 is 0 Å². The molecule has 0 saturated carbocycles. The first-order valence-electron chi connectivity index (χ1n) is 6.24. The fourth-order valence-corrected chi connectivity index (χ4v) is 2.66. The molecule has 3 rings (SSSR count). The van der Waals surface area contributed by atoms with Gasteiger partial charge in [0.15, 0.2) is 0 Å². The third-order valence-electron chi connectivity index (χ3n) is 3.46. The van der Waals surface area contributed by atoms with Crippen LogP contribution in [0.25, 0.3) is 11.1 Å². The van der Waals surface area contributed by atoms with Crippen molar-refractivity contribution >= 4 is 0 Å². The molecule has 1 aliphatic rings. The molecule has 2 aromatic carbocycles. The molecule has 1 nitrogen and oxygen atoms in total. The number of rotatable bonds is 3. The summed E-state index contributed by atoms with van der Waals surface area (Å²) in [5, 5.41) is 0. The minimum absolute atomic E-state index is 0.328. The van der Waals surface area contributed by atoms with Crippen LogP contribution in [0.2, 0.25) is 0 Å². The Balaban J connectivity index is 2.06. The largest absolute Gasteiger partial charge is 0.498 e. The lowest BCUT2D eigenvalue weighted by Crippen LogP contribution is -2.05. The normalized spacial score (nSPS) is 12.9. The quantitative estimate of drug-likeness (QED) is 0.720. The molecule has 0 atom stereocenters. The van der Waals surface area contributed by atoms with Crippen molar-refractivity contribution in [3.63, 3.8) is 0 Å². The summed E-state index contributed by atoms with van der Waals surface area (Å²) < 4.78 is 5.65. The molecule has 0 unspecified atom stereocenters. The highest BCUT2D eigenvalue weighted by atomic mass is 16.5. The Labute approximate surface area is 108 Å². The van der Waals surface area contributed by atoms with E-state index < -0.39 is 0 Å². The maximum absolute atomic E-state index is 5.65. The third-order valence-corrected chi connectivity index (χ3v) is 3.46. The van der Waals surface area contributed by atoms with E-state index in [0.29, 0.717) is 12.5 Å². The van der Waals surface area contributed by atoms with E-state index in [2.05, 4.69) is 55.1 Å². The van der Waals surface area contributed by atoms with Crippen LogP contribution in [0.1, 0.15) is 24.0 Å². The molecule has 0 amide bonds. The Hall–Kier alpha value is -2.02. The zero-order valence-corrected chi connectivity index (χ0v) is 10.5. The average Bonchev–Trinajstić information content (AvgIpc) is 2.71. The van der Waals surface area contributed by atoms with Gasteiger partial charge in [0.05, 0.1) is 12.4 Å². The van der Waals surface area contributed by atoms with Crippen molar-refractivity contribution in [1.29, 1.82) is 0 Å². The SMILES string of the molecule is C=C(C)OCC1c2ccccc2-c2ccccc21. The Morgan fingerprint density at radius 3 is 2.00 bits per heavy atom. The van der Waals surface area contributed by atoms with Gasteiger partial charge in [0.1, 0.15) is 0 Å². The van der Waals surface area contributed by atoms with Gasteiger partial charge in [0, 0.05) is 5.92 Å². The van der Waals surface area contributed by atoms with Gasteiger partial charge in [0.25, 0.3) is 0 Å². The van der Waals surface area contributed by atoms with Gasteiger partial charge in [-0.05, 0) is 29.2 Å². The highest BCUT2D eigenvalue weighted by molar-refractivity contribution is 5.78. The zero-order chi connectivity index (χ0) is 12.5. The number of ether oxygens (including phenoxy) is 1. The molecule has 90 valence electrons. The molecule has 0 radical (unpaired) electrons. The van der Waals surface area contributed by atoms with Crippen molar-refractivity contribution < 1.29 is 4.74 Å². The second-order valence-electron chi connectivity index (χ2n) is 4.74. The van der Waals surface area contributed by atoms with Gasteiger partial charge in [-0.3, -0.25) is 0 Å². The van der Waals surface area contributed by atoms with Crippen molar-refractivity contribution in [2.45, 2.75) is 12.8 Å². The summed E-state index contributed by atoms with van der Waals surface area (Å²) in [4.78, 5) is 0. The molecular weight excluding hydrogens is 220 g/mol. The van der Waals surface area contributed by atoms with Gasteiger partial charge in [-0.25, -0.2) is 0 Å². The fraction of sp³-hybridized carbons (Fsp3) is 0.176. The topological polar surface area (TPSA) is 9.23 Å². The van der Waals surface area contributed by atoms with E-state index in [4.69, 9.17) is 4.74 Å². The van der Waals surface area contributed by atoms with Crippen molar-refractivity contribution in [2.24, 2.45) is 0 Å². The molecule has 0 aliphatic heterocycles. The Morgan fingerprint density at radius 1 is 1.00 bits per heavy atom. The summed E-state index contributed by atoms with van der Waals surface area (Å²) in [5.41, 5.74) is 5.40. The molecule has 0 aromatic heterocycles. The van der Waals surface area contributed by atoms with Crippen molar-refractivity contribution in [2.75, 3.05) is 6.61 Å². The van der Waals surface area contributed by atoms with E-state index in [1.165, 1.54) is 22.3 Å². The van der Waals surface area contributed by atoms with Gasteiger partial charge in [0.2, 0.25) is 0 Å². The van der Waals surface area contributed by atoms with Crippen LogP contribution in [-0.4, -0.2) is 6.61 Å². The van der Waals surface area contributed by atoms with Gasteiger partial charge in [-0.15, -0.1) is 0 Å². The van der Waals surface area contributed by atoms with Crippen LogP contribution in [-0.2, 0) is 4.74 Å². The van der Waals surface area contributed by atoms with Crippen LogP contribution in [0, 0.1) is 0 Å². The lowest BCUT2D eigenvalue weighted by Gasteiger charge is -2.14. The molecular formula is C17H16O. The number of allylic oxidation sites excluding steroid dienone is 1. The summed E-state index contributed by atoms with van der Waals surface area (Å²) >= 11 is 0. The monoisotopic (exact) mass is 236 g/mol. The minimum Gasteiger partial charge on any atom is -0.498 e. The predicted octanol–water partition coefficient (Wildman–Crippen LogP) is 4.35. The van der Waals surface area contributed by atoms with Crippen LogP contribution in [0.5, 0.6) is 0 Å². The average molecular weight is 236 g/mol. The van der Waals surface area contributed by atoms with Crippen LogP contribution in [0.4, 0.5) is 0 Å². The highest BCUT2D eigenvalue weighted by Gasteiger charge is 2.28. The molecule has 0 spiro atoms. The van der Waals surface area contributed by atoms with E-state index in [0.717, 1.165) is 5.76 Å². The molecule has 0 N–H and O–H groups in total. The van der Waals surface area contributed by atoms with Gasteiger partial charge < -0.3 is 4.74 Å². The molecule has 0 heterocycles. The molecule has 0 bridgehead atoms. The summed E-state index contributed by atoms with van der Waals surface area (Å²) in [6.07, 6.45) is 0. The standard InChI is InChI=1S/C17H16O/c1-12(2)18-11-17-15-9-5-3-7-13(15)14-8-4-6-10-16(14)17/h3-10,17H,1,11H2,2H3. The Morgan fingerprint density at radius 2 is 1.50 bits per heavy atom. The smallest absolute Gasteiger partial charge is 0.0986 e. The first-order valence-corrected chi connectivity index (χ1v) is 6.24. The molecule has 0 fully saturated rings. The van der Waals surface area contributed by atoms with Crippen molar-refractivity contribution in [3.05, 3.63) is 72.0 Å². The predicted molar refractivity (Wildman–Crippen MR) is 74.5 cm³/mol. The van der Waals surface area contributed by atoms with E-state index in [1.54, 1.807) is 0 Å². The Bertz CT molecular complexity index is 553. The van der Waals surface area contributed by atoms with Crippen molar-refractivity contribution in [1.82, 2.24) is 0 Å². The Kier molecular flexibility index (Phi) is 2.67. The number of hydrogen-bond acceptors (Lipinski definition) is 1. The summed E-state index contributed by atoms with van der Waals surface area (Å²) in [6.45, 7) is 6.37. The zero-order valence-electron chi connectivity index (χ0n) is 10.5. The molecule has 1 aliphatic carbocycles. The van der Waals surface area contributed by atoms with E-state index in [9.17, 15) is 0 Å². The number of benzene rings is 2. The summed E-state index contributed by atoms with van der Waals surface area (Å²) in [5.74, 6) is 1.10. The first kappa shape index (κ1) is 11.1. The summed E-state index contributed by atoms with van der Waals surface area (Å²) in [7, 11) is 0. The fourth-order valence-electron chi connectivity index (χ4n) is 2.66. The molecule has 0 saturated heterocycles. The van der Waals surface area contributed by atoms with E-state index in [-0.39, 0.29) is 0 Å². The second kappa shape index (κ2) is 4.34. The second-order valence-corrected chi connectivity index (χ2v) is 4.74. The molecule has 2 aromatic rings. The summed E-state index contributed by atoms with van der Waals surface area (Å²) in [6, 6.07) is 17.2. The maximum Gasteiger partial charge on any atom is 0.0986 e. The first-order chi connectivity index (χ1) is 8.77.